The van der Waals surface area contributed by atoms with E-state index < -0.39 is 0 Å². The van der Waals surface area contributed by atoms with Gasteiger partial charge in [0.05, 0.1) is 0 Å². The maximum Gasteiger partial charge on any atom is 0 e. The van der Waals surface area contributed by atoms with Crippen molar-refractivity contribution in [1.82, 2.24) is 0 Å². The summed E-state index contributed by atoms with van der Waals surface area (Å²) in [6.45, 7) is 12.2. The minimum atomic E-state index is 0. The zero-order valence-electron chi connectivity index (χ0n) is 13.8. The van der Waals surface area contributed by atoms with Crippen molar-refractivity contribution < 1.29 is 31.1 Å². The molecule has 0 saturated carbocycles. The SMILES string of the molecule is CC.CC.Cc1ccc(Cc2ccc(C)cc2)cc1.[U]. The third kappa shape index (κ3) is 8.62. The molecular weight excluding hydrogens is 466 g/mol. The van der Waals surface area contributed by atoms with E-state index in [-0.39, 0.29) is 31.1 Å². The van der Waals surface area contributed by atoms with Crippen LogP contribution in [0.4, 0.5) is 0 Å². The summed E-state index contributed by atoms with van der Waals surface area (Å²) in [5.74, 6) is 0. The van der Waals surface area contributed by atoms with Crippen LogP contribution >= 0.6 is 0 Å². The van der Waals surface area contributed by atoms with Gasteiger partial charge in [-0.25, -0.2) is 0 Å². The van der Waals surface area contributed by atoms with Crippen molar-refractivity contribution in [1.29, 1.82) is 0 Å². The Hall–Kier alpha value is -0.508. The van der Waals surface area contributed by atoms with Gasteiger partial charge < -0.3 is 0 Å². The summed E-state index contributed by atoms with van der Waals surface area (Å²) in [6.07, 6.45) is 1.03. The molecule has 0 N–H and O–H groups in total. The van der Waals surface area contributed by atoms with Crippen molar-refractivity contribution >= 4 is 0 Å². The fraction of sp³-hybridized carbons (Fsp3) is 0.368. The van der Waals surface area contributed by atoms with E-state index >= 15 is 0 Å². The Balaban J connectivity index is 0. The van der Waals surface area contributed by atoms with Gasteiger partial charge in [-0.1, -0.05) is 87.4 Å². The second-order valence-corrected chi connectivity index (χ2v) is 4.15. The fourth-order valence-electron chi connectivity index (χ4n) is 1.65. The van der Waals surface area contributed by atoms with Crippen molar-refractivity contribution in [3.05, 3.63) is 70.8 Å². The molecule has 0 saturated heterocycles. The molecule has 108 valence electrons. The Morgan fingerprint density at radius 2 is 0.800 bits per heavy atom. The predicted molar refractivity (Wildman–Crippen MR) is 87.9 cm³/mol. The number of hydrogen-bond acceptors (Lipinski definition) is 0. The molecule has 0 aromatic heterocycles. The molecule has 0 heterocycles. The molecule has 1 heteroatoms. The summed E-state index contributed by atoms with van der Waals surface area (Å²) in [7, 11) is 0. The van der Waals surface area contributed by atoms with Gasteiger partial charge in [0.2, 0.25) is 0 Å². The van der Waals surface area contributed by atoms with E-state index in [0.717, 1.165) is 6.42 Å². The van der Waals surface area contributed by atoms with Crippen LogP contribution in [0.5, 0.6) is 0 Å². The summed E-state index contributed by atoms with van der Waals surface area (Å²) in [5, 5.41) is 0. The molecule has 2 rings (SSSR count). The van der Waals surface area contributed by atoms with E-state index in [2.05, 4.69) is 62.4 Å². The average Bonchev–Trinajstić information content (AvgIpc) is 2.48. The molecule has 0 spiro atoms. The quantitative estimate of drug-likeness (QED) is 0.485. The third-order valence-electron chi connectivity index (χ3n) is 2.65. The molecule has 0 amide bonds. The van der Waals surface area contributed by atoms with Crippen LogP contribution in [0.2, 0.25) is 0 Å². The van der Waals surface area contributed by atoms with Crippen LogP contribution in [-0.4, -0.2) is 0 Å². The molecule has 20 heavy (non-hydrogen) atoms. The van der Waals surface area contributed by atoms with Crippen LogP contribution < -0.4 is 0 Å². The van der Waals surface area contributed by atoms with Crippen molar-refractivity contribution in [2.75, 3.05) is 0 Å². The van der Waals surface area contributed by atoms with E-state index in [1.165, 1.54) is 22.3 Å². The standard InChI is InChI=1S/C15H16.2C2H6.U/c1-12-3-7-14(8-4-12)11-15-9-5-13(2)6-10-15;2*1-2;/h3-10H,11H2,1-2H3;2*1-2H3;. The van der Waals surface area contributed by atoms with Gasteiger partial charge in [0, 0.05) is 31.1 Å². The van der Waals surface area contributed by atoms with E-state index in [1.807, 2.05) is 27.7 Å². The fourth-order valence-corrected chi connectivity index (χ4v) is 1.65. The van der Waals surface area contributed by atoms with E-state index in [1.54, 1.807) is 0 Å². The van der Waals surface area contributed by atoms with Crippen molar-refractivity contribution in [2.24, 2.45) is 0 Å². The average molecular weight is 494 g/mol. The van der Waals surface area contributed by atoms with Crippen LogP contribution in [0, 0.1) is 45.0 Å². The van der Waals surface area contributed by atoms with Crippen molar-refractivity contribution in [3.8, 4) is 0 Å². The predicted octanol–water partition coefficient (Wildman–Crippen LogP) is 5.95. The molecule has 2 aromatic carbocycles. The Labute approximate surface area is 149 Å². The van der Waals surface area contributed by atoms with Gasteiger partial charge in [-0.3, -0.25) is 0 Å². The molecule has 0 aliphatic rings. The normalized spacial score (nSPS) is 8.30. The van der Waals surface area contributed by atoms with E-state index in [4.69, 9.17) is 0 Å². The first-order valence-corrected chi connectivity index (χ1v) is 7.35. The molecule has 0 atom stereocenters. The Bertz CT molecular complexity index is 383. The van der Waals surface area contributed by atoms with Gasteiger partial charge in [-0.2, -0.15) is 0 Å². The van der Waals surface area contributed by atoms with Crippen LogP contribution in [0.3, 0.4) is 0 Å². The smallest absolute Gasteiger partial charge is 0 e. The second-order valence-electron chi connectivity index (χ2n) is 4.15. The van der Waals surface area contributed by atoms with Crippen LogP contribution in [0.15, 0.2) is 48.5 Å². The zero-order chi connectivity index (χ0) is 14.7. The maximum absolute atomic E-state index is 2.20. The zero-order valence-corrected chi connectivity index (χ0v) is 18.0. The maximum atomic E-state index is 2.20. The molecule has 0 aliphatic carbocycles. The molecule has 0 radical (unpaired) electrons. The van der Waals surface area contributed by atoms with Crippen LogP contribution in [0.25, 0.3) is 0 Å². The Morgan fingerprint density at radius 3 is 1.05 bits per heavy atom. The minimum absolute atomic E-state index is 0. The van der Waals surface area contributed by atoms with Gasteiger partial charge in [0.15, 0.2) is 0 Å². The number of hydrogen-bond donors (Lipinski definition) is 0. The number of rotatable bonds is 2. The summed E-state index contributed by atoms with van der Waals surface area (Å²) in [6, 6.07) is 17.5. The van der Waals surface area contributed by atoms with Gasteiger partial charge >= 0.3 is 0 Å². The summed E-state index contributed by atoms with van der Waals surface area (Å²) < 4.78 is 0. The monoisotopic (exact) mass is 494 g/mol. The molecule has 2 aromatic rings. The number of aryl methyl sites for hydroxylation is 2. The first kappa shape index (κ1) is 21.8. The summed E-state index contributed by atoms with van der Waals surface area (Å²) in [4.78, 5) is 0. The molecule has 0 bridgehead atoms. The second kappa shape index (κ2) is 13.5. The topological polar surface area (TPSA) is 0 Å². The first-order chi connectivity index (χ1) is 9.24. The number of benzene rings is 2. The van der Waals surface area contributed by atoms with Gasteiger partial charge in [-0.05, 0) is 31.4 Å². The van der Waals surface area contributed by atoms with Crippen LogP contribution in [-0.2, 0) is 6.42 Å². The third-order valence-corrected chi connectivity index (χ3v) is 2.65. The van der Waals surface area contributed by atoms with Gasteiger partial charge in [-0.15, -0.1) is 0 Å². The van der Waals surface area contributed by atoms with Crippen molar-refractivity contribution in [3.63, 3.8) is 0 Å². The molecule has 0 aliphatic heterocycles. The molecule has 0 nitrogen and oxygen atoms in total. The Morgan fingerprint density at radius 1 is 0.550 bits per heavy atom. The van der Waals surface area contributed by atoms with Crippen molar-refractivity contribution in [2.45, 2.75) is 48.0 Å². The largest absolute Gasteiger partial charge is 0.0683 e. The van der Waals surface area contributed by atoms with Gasteiger partial charge in [0.1, 0.15) is 0 Å². The minimum Gasteiger partial charge on any atom is -0.0683 e. The first-order valence-electron chi connectivity index (χ1n) is 7.35. The summed E-state index contributed by atoms with van der Waals surface area (Å²) >= 11 is 0. The van der Waals surface area contributed by atoms with Crippen LogP contribution in [0.1, 0.15) is 49.9 Å². The molecule has 0 unspecified atom stereocenters. The Kier molecular flexibility index (Phi) is 14.7. The van der Waals surface area contributed by atoms with E-state index in [0.29, 0.717) is 0 Å². The van der Waals surface area contributed by atoms with Gasteiger partial charge in [0.25, 0.3) is 0 Å². The van der Waals surface area contributed by atoms with E-state index in [9.17, 15) is 0 Å². The molecular formula is C19H28U. The molecule has 0 fully saturated rings. The summed E-state index contributed by atoms with van der Waals surface area (Å²) in [5.41, 5.74) is 5.40.